The Bertz CT molecular complexity index is 1070. The van der Waals surface area contributed by atoms with Crippen LogP contribution in [0.15, 0.2) is 54.7 Å². The molecule has 4 rings (SSSR count). The van der Waals surface area contributed by atoms with E-state index in [1.54, 1.807) is 13.3 Å². The predicted molar refractivity (Wildman–Crippen MR) is 107 cm³/mol. The number of imide groups is 1. The standard InChI is InChI=1S/C22H21N3O4/c1-29-17-8-6-14(7-9-17)10-15-12-21(27)25(22(15)28)24-20(26)11-16-13-23-19-5-3-2-4-18(16)19/h2-9,13,15,23H,10-12H2,1H3,(H,24,26). The minimum absolute atomic E-state index is 0.0736. The van der Waals surface area contributed by atoms with Gasteiger partial charge in [-0.1, -0.05) is 30.3 Å². The van der Waals surface area contributed by atoms with Crippen molar-refractivity contribution in [2.24, 2.45) is 5.92 Å². The highest BCUT2D eigenvalue weighted by Gasteiger charge is 2.39. The molecule has 0 bridgehead atoms. The van der Waals surface area contributed by atoms with Gasteiger partial charge in [-0.3, -0.25) is 19.8 Å². The SMILES string of the molecule is COc1ccc(CC2CC(=O)N(NC(=O)Cc3c[nH]c4ccccc34)C2=O)cc1. The zero-order chi connectivity index (χ0) is 20.4. The summed E-state index contributed by atoms with van der Waals surface area (Å²) in [5.74, 6) is -0.918. The van der Waals surface area contributed by atoms with Crippen LogP contribution < -0.4 is 10.2 Å². The first-order valence-corrected chi connectivity index (χ1v) is 9.39. The van der Waals surface area contributed by atoms with Gasteiger partial charge in [0.15, 0.2) is 0 Å². The van der Waals surface area contributed by atoms with Crippen LogP contribution in [0.4, 0.5) is 0 Å². The Morgan fingerprint density at radius 1 is 1.17 bits per heavy atom. The number of para-hydroxylation sites is 1. The lowest BCUT2D eigenvalue weighted by molar-refractivity contribution is -0.148. The number of hydrazine groups is 1. The summed E-state index contributed by atoms with van der Waals surface area (Å²) in [6.45, 7) is 0. The third-order valence-electron chi connectivity index (χ3n) is 5.14. The molecular formula is C22H21N3O4. The summed E-state index contributed by atoms with van der Waals surface area (Å²) in [7, 11) is 1.59. The van der Waals surface area contributed by atoms with E-state index < -0.39 is 11.8 Å². The third-order valence-corrected chi connectivity index (χ3v) is 5.14. The maximum absolute atomic E-state index is 12.7. The van der Waals surface area contributed by atoms with Gasteiger partial charge in [-0.25, -0.2) is 0 Å². The number of aromatic amines is 1. The van der Waals surface area contributed by atoms with Gasteiger partial charge in [0.2, 0.25) is 11.8 Å². The fraction of sp³-hybridized carbons (Fsp3) is 0.227. The maximum Gasteiger partial charge on any atom is 0.252 e. The highest BCUT2D eigenvalue weighted by Crippen LogP contribution is 2.24. The monoisotopic (exact) mass is 391 g/mol. The summed E-state index contributed by atoms with van der Waals surface area (Å²) < 4.78 is 5.13. The van der Waals surface area contributed by atoms with Crippen LogP contribution in [0.2, 0.25) is 0 Å². The number of carbonyl (C=O) groups excluding carboxylic acids is 3. The number of benzene rings is 2. The number of hydrogen-bond donors (Lipinski definition) is 2. The highest BCUT2D eigenvalue weighted by atomic mass is 16.5. The molecule has 1 atom stereocenters. The van der Waals surface area contributed by atoms with Crippen LogP contribution in [-0.2, 0) is 27.2 Å². The van der Waals surface area contributed by atoms with Crippen LogP contribution in [0.25, 0.3) is 10.9 Å². The summed E-state index contributed by atoms with van der Waals surface area (Å²) in [5, 5.41) is 1.81. The molecule has 148 valence electrons. The lowest BCUT2D eigenvalue weighted by Gasteiger charge is -2.16. The average Bonchev–Trinajstić information content (AvgIpc) is 3.25. The number of H-pyrrole nitrogens is 1. The molecule has 7 nitrogen and oxygen atoms in total. The fourth-order valence-electron chi connectivity index (χ4n) is 3.63. The second-order valence-corrected chi connectivity index (χ2v) is 7.09. The van der Waals surface area contributed by atoms with Crippen LogP contribution in [0, 0.1) is 5.92 Å². The first kappa shape index (κ1) is 18.7. The molecule has 0 radical (unpaired) electrons. The van der Waals surface area contributed by atoms with E-state index in [-0.39, 0.29) is 24.7 Å². The Morgan fingerprint density at radius 3 is 2.69 bits per heavy atom. The van der Waals surface area contributed by atoms with E-state index in [9.17, 15) is 14.4 Å². The van der Waals surface area contributed by atoms with Crippen molar-refractivity contribution in [1.29, 1.82) is 0 Å². The molecule has 2 aromatic carbocycles. The number of nitrogens with one attached hydrogen (secondary N) is 2. The molecule has 1 unspecified atom stereocenters. The van der Waals surface area contributed by atoms with Gasteiger partial charge in [-0.05, 0) is 35.7 Å². The molecule has 1 fully saturated rings. The molecule has 1 aliphatic heterocycles. The van der Waals surface area contributed by atoms with E-state index in [0.717, 1.165) is 32.8 Å². The smallest absolute Gasteiger partial charge is 0.252 e. The van der Waals surface area contributed by atoms with Crippen molar-refractivity contribution in [3.05, 3.63) is 65.9 Å². The number of aromatic nitrogens is 1. The molecular weight excluding hydrogens is 370 g/mol. The molecule has 3 aromatic rings. The molecule has 1 saturated heterocycles. The largest absolute Gasteiger partial charge is 0.497 e. The van der Waals surface area contributed by atoms with E-state index in [1.807, 2.05) is 48.5 Å². The highest BCUT2D eigenvalue weighted by molar-refractivity contribution is 6.05. The van der Waals surface area contributed by atoms with Gasteiger partial charge in [0.1, 0.15) is 5.75 Å². The van der Waals surface area contributed by atoms with Crippen LogP contribution in [-0.4, -0.2) is 34.8 Å². The summed E-state index contributed by atoms with van der Waals surface area (Å²) >= 11 is 0. The van der Waals surface area contributed by atoms with Crippen LogP contribution >= 0.6 is 0 Å². The molecule has 0 spiro atoms. The van der Waals surface area contributed by atoms with Crippen molar-refractivity contribution in [1.82, 2.24) is 15.4 Å². The van der Waals surface area contributed by atoms with Crippen LogP contribution in [0.3, 0.4) is 0 Å². The molecule has 2 heterocycles. The van der Waals surface area contributed by atoms with Gasteiger partial charge in [0, 0.05) is 23.5 Å². The summed E-state index contributed by atoms with van der Waals surface area (Å²) in [6.07, 6.45) is 2.36. The van der Waals surface area contributed by atoms with Crippen molar-refractivity contribution >= 4 is 28.6 Å². The molecule has 2 N–H and O–H groups in total. The minimum atomic E-state index is -0.482. The number of fused-ring (bicyclic) bond motifs is 1. The molecule has 7 heteroatoms. The Hall–Kier alpha value is -3.61. The van der Waals surface area contributed by atoms with E-state index in [2.05, 4.69) is 10.4 Å². The number of rotatable bonds is 6. The van der Waals surface area contributed by atoms with Gasteiger partial charge >= 0.3 is 0 Å². The number of methoxy groups -OCH3 is 1. The molecule has 1 aliphatic rings. The Balaban J connectivity index is 1.40. The molecule has 0 aliphatic carbocycles. The van der Waals surface area contributed by atoms with Crippen LogP contribution in [0.5, 0.6) is 5.75 Å². The van der Waals surface area contributed by atoms with E-state index >= 15 is 0 Å². The predicted octanol–water partition coefficient (Wildman–Crippen LogP) is 2.37. The van der Waals surface area contributed by atoms with Crippen LogP contribution in [0.1, 0.15) is 17.5 Å². The van der Waals surface area contributed by atoms with Crippen molar-refractivity contribution in [3.8, 4) is 5.75 Å². The summed E-state index contributed by atoms with van der Waals surface area (Å²) in [5.41, 5.74) is 5.16. The number of carbonyl (C=O) groups is 3. The Morgan fingerprint density at radius 2 is 1.93 bits per heavy atom. The van der Waals surface area contributed by atoms with Gasteiger partial charge in [0.25, 0.3) is 5.91 Å². The topological polar surface area (TPSA) is 91.5 Å². The maximum atomic E-state index is 12.7. The molecule has 29 heavy (non-hydrogen) atoms. The first-order valence-electron chi connectivity index (χ1n) is 9.39. The number of ether oxygens (including phenoxy) is 1. The first-order chi connectivity index (χ1) is 14.0. The van der Waals surface area contributed by atoms with Crippen molar-refractivity contribution < 1.29 is 19.1 Å². The average molecular weight is 391 g/mol. The molecule has 1 aromatic heterocycles. The number of amides is 3. The normalized spacial score (nSPS) is 16.4. The van der Waals surface area contributed by atoms with Gasteiger partial charge in [-0.2, -0.15) is 5.01 Å². The molecule has 0 saturated carbocycles. The second-order valence-electron chi connectivity index (χ2n) is 7.09. The lowest BCUT2D eigenvalue weighted by Crippen LogP contribution is -2.46. The number of nitrogens with zero attached hydrogens (tertiary/aromatic N) is 1. The van der Waals surface area contributed by atoms with Gasteiger partial charge < -0.3 is 9.72 Å². The quantitative estimate of drug-likeness (QED) is 0.631. The minimum Gasteiger partial charge on any atom is -0.497 e. The van der Waals surface area contributed by atoms with Gasteiger partial charge in [0.05, 0.1) is 19.4 Å². The fourth-order valence-corrected chi connectivity index (χ4v) is 3.63. The Kier molecular flexibility index (Phi) is 5.03. The summed E-state index contributed by atoms with van der Waals surface area (Å²) in [6, 6.07) is 15.0. The third kappa shape index (κ3) is 3.85. The Labute approximate surface area is 167 Å². The summed E-state index contributed by atoms with van der Waals surface area (Å²) in [4.78, 5) is 40.5. The second kappa shape index (κ2) is 7.79. The van der Waals surface area contributed by atoms with E-state index in [4.69, 9.17) is 4.74 Å². The zero-order valence-electron chi connectivity index (χ0n) is 16.0. The lowest BCUT2D eigenvalue weighted by atomic mass is 9.98. The number of hydrogen-bond acceptors (Lipinski definition) is 4. The zero-order valence-corrected chi connectivity index (χ0v) is 16.0. The van der Waals surface area contributed by atoms with Crippen molar-refractivity contribution in [2.45, 2.75) is 19.3 Å². The van der Waals surface area contributed by atoms with Crippen molar-refractivity contribution in [3.63, 3.8) is 0 Å². The molecule has 3 amide bonds. The van der Waals surface area contributed by atoms with E-state index in [1.165, 1.54) is 0 Å². The van der Waals surface area contributed by atoms with Crippen molar-refractivity contribution in [2.75, 3.05) is 7.11 Å². The van der Waals surface area contributed by atoms with E-state index in [0.29, 0.717) is 6.42 Å². The van der Waals surface area contributed by atoms with Gasteiger partial charge in [-0.15, -0.1) is 0 Å².